The van der Waals surface area contributed by atoms with E-state index in [9.17, 15) is 14.4 Å². The molecule has 0 saturated carbocycles. The van der Waals surface area contributed by atoms with Crippen LogP contribution < -0.4 is 10.1 Å². The number of methoxy groups -OCH3 is 1. The molecule has 0 radical (unpaired) electrons. The van der Waals surface area contributed by atoms with Crippen LogP contribution in [0.1, 0.15) is 51.7 Å². The molecule has 0 saturated heterocycles. The number of amides is 3. The van der Waals surface area contributed by atoms with Crippen molar-refractivity contribution in [2.24, 2.45) is 0 Å². The molecule has 0 aliphatic carbocycles. The molecule has 1 aliphatic heterocycles. The Hall–Kier alpha value is -3.15. The van der Waals surface area contributed by atoms with E-state index < -0.39 is 23.8 Å². The standard InChI is InChI=1S/C21H22N2O4/c1-12-9-10-18(27-4)17(11-12)13(2)22-19(24)14(3)23-20(25)15-7-5-6-8-16(15)21(23)26/h5-11,13-14H,1-4H3,(H,22,24)/t13-,14-/m1/s1. The summed E-state index contributed by atoms with van der Waals surface area (Å²) in [5.41, 5.74) is 2.53. The Morgan fingerprint density at radius 3 is 2.19 bits per heavy atom. The number of benzene rings is 2. The Morgan fingerprint density at radius 2 is 1.63 bits per heavy atom. The van der Waals surface area contributed by atoms with Gasteiger partial charge in [0.25, 0.3) is 11.8 Å². The second-order valence-electron chi connectivity index (χ2n) is 6.68. The Morgan fingerprint density at radius 1 is 1.04 bits per heavy atom. The summed E-state index contributed by atoms with van der Waals surface area (Å²) in [6, 6.07) is 11.0. The Kier molecular flexibility index (Phi) is 4.99. The molecule has 0 unspecified atom stereocenters. The lowest BCUT2D eigenvalue weighted by molar-refractivity contribution is -0.125. The lowest BCUT2D eigenvalue weighted by Gasteiger charge is -2.24. The number of nitrogens with zero attached hydrogens (tertiary/aromatic N) is 1. The van der Waals surface area contributed by atoms with Gasteiger partial charge in [0.15, 0.2) is 0 Å². The van der Waals surface area contributed by atoms with Crippen LogP contribution in [0.2, 0.25) is 0 Å². The molecule has 6 heteroatoms. The highest BCUT2D eigenvalue weighted by Crippen LogP contribution is 2.27. The molecule has 2 atom stereocenters. The second kappa shape index (κ2) is 7.23. The summed E-state index contributed by atoms with van der Waals surface area (Å²) in [7, 11) is 1.57. The van der Waals surface area contributed by atoms with Crippen LogP contribution in [0.3, 0.4) is 0 Å². The topological polar surface area (TPSA) is 75.7 Å². The fourth-order valence-electron chi connectivity index (χ4n) is 3.28. The first-order valence-corrected chi connectivity index (χ1v) is 8.77. The van der Waals surface area contributed by atoms with Gasteiger partial charge < -0.3 is 10.1 Å². The molecule has 0 aromatic heterocycles. The average Bonchev–Trinajstić information content (AvgIpc) is 2.92. The highest BCUT2D eigenvalue weighted by Gasteiger charge is 2.40. The van der Waals surface area contributed by atoms with Crippen molar-refractivity contribution in [3.63, 3.8) is 0 Å². The highest BCUT2D eigenvalue weighted by atomic mass is 16.5. The molecule has 2 aromatic carbocycles. The SMILES string of the molecule is COc1ccc(C)cc1[C@@H](C)NC(=O)[C@@H](C)N1C(=O)c2ccccc2C1=O. The fourth-order valence-corrected chi connectivity index (χ4v) is 3.28. The molecule has 0 bridgehead atoms. The molecule has 0 spiro atoms. The molecule has 140 valence electrons. The Bertz CT molecular complexity index is 887. The number of nitrogens with one attached hydrogen (secondary N) is 1. The molecule has 3 rings (SSSR count). The lowest BCUT2D eigenvalue weighted by atomic mass is 10.0. The van der Waals surface area contributed by atoms with E-state index in [2.05, 4.69) is 5.32 Å². The molecular weight excluding hydrogens is 344 g/mol. The summed E-state index contributed by atoms with van der Waals surface area (Å²) in [4.78, 5) is 38.9. The third-order valence-corrected chi connectivity index (χ3v) is 4.80. The van der Waals surface area contributed by atoms with Crippen LogP contribution in [0.4, 0.5) is 0 Å². The van der Waals surface area contributed by atoms with Crippen molar-refractivity contribution >= 4 is 17.7 Å². The first kappa shape index (κ1) is 18.6. The van der Waals surface area contributed by atoms with Crippen molar-refractivity contribution in [2.75, 3.05) is 7.11 Å². The third-order valence-electron chi connectivity index (χ3n) is 4.80. The monoisotopic (exact) mass is 366 g/mol. The van der Waals surface area contributed by atoms with E-state index in [0.29, 0.717) is 16.9 Å². The maximum atomic E-state index is 12.7. The van der Waals surface area contributed by atoms with Crippen LogP contribution in [-0.2, 0) is 4.79 Å². The molecule has 2 aromatic rings. The zero-order chi connectivity index (χ0) is 19.7. The van der Waals surface area contributed by atoms with Gasteiger partial charge in [-0.25, -0.2) is 0 Å². The van der Waals surface area contributed by atoms with E-state index in [1.807, 2.05) is 32.0 Å². The van der Waals surface area contributed by atoms with Gasteiger partial charge in [0.05, 0.1) is 24.3 Å². The number of carbonyl (C=O) groups excluding carboxylic acids is 3. The highest BCUT2D eigenvalue weighted by molar-refractivity contribution is 6.22. The zero-order valence-corrected chi connectivity index (χ0v) is 15.8. The van der Waals surface area contributed by atoms with Crippen LogP contribution in [0.25, 0.3) is 0 Å². The zero-order valence-electron chi connectivity index (χ0n) is 15.8. The van der Waals surface area contributed by atoms with Gasteiger partial charge in [0.2, 0.25) is 5.91 Å². The average molecular weight is 366 g/mol. The van der Waals surface area contributed by atoms with Crippen molar-refractivity contribution in [2.45, 2.75) is 32.9 Å². The predicted octanol–water partition coefficient (Wildman–Crippen LogP) is 2.87. The molecule has 0 fully saturated rings. The second-order valence-corrected chi connectivity index (χ2v) is 6.68. The van der Waals surface area contributed by atoms with Crippen LogP contribution in [0.15, 0.2) is 42.5 Å². The van der Waals surface area contributed by atoms with Gasteiger partial charge in [-0.15, -0.1) is 0 Å². The minimum Gasteiger partial charge on any atom is -0.496 e. The van der Waals surface area contributed by atoms with E-state index in [-0.39, 0.29) is 6.04 Å². The number of carbonyl (C=O) groups is 3. The number of hydrogen-bond donors (Lipinski definition) is 1. The molecule has 6 nitrogen and oxygen atoms in total. The lowest BCUT2D eigenvalue weighted by Crippen LogP contribution is -2.48. The summed E-state index contributed by atoms with van der Waals surface area (Å²) in [5.74, 6) is -0.625. The van der Waals surface area contributed by atoms with Crippen LogP contribution in [0.5, 0.6) is 5.75 Å². The summed E-state index contributed by atoms with van der Waals surface area (Å²) < 4.78 is 5.37. The molecule has 1 heterocycles. The summed E-state index contributed by atoms with van der Waals surface area (Å²) in [6.45, 7) is 5.35. The largest absolute Gasteiger partial charge is 0.496 e. The first-order chi connectivity index (χ1) is 12.8. The minimum absolute atomic E-state index is 0.329. The van der Waals surface area contributed by atoms with Crippen LogP contribution >= 0.6 is 0 Å². The van der Waals surface area contributed by atoms with Gasteiger partial charge in [-0.3, -0.25) is 19.3 Å². The third kappa shape index (κ3) is 3.30. The fraction of sp³-hybridized carbons (Fsp3) is 0.286. The van der Waals surface area contributed by atoms with E-state index >= 15 is 0 Å². The van der Waals surface area contributed by atoms with E-state index in [0.717, 1.165) is 16.0 Å². The van der Waals surface area contributed by atoms with Crippen molar-refractivity contribution in [3.8, 4) is 5.75 Å². The van der Waals surface area contributed by atoms with Crippen molar-refractivity contribution in [3.05, 3.63) is 64.7 Å². The normalized spacial score (nSPS) is 15.3. The summed E-state index contributed by atoms with van der Waals surface area (Å²) in [6.07, 6.45) is 0. The van der Waals surface area contributed by atoms with E-state index in [4.69, 9.17) is 4.74 Å². The van der Waals surface area contributed by atoms with Gasteiger partial charge >= 0.3 is 0 Å². The van der Waals surface area contributed by atoms with E-state index in [1.165, 1.54) is 0 Å². The van der Waals surface area contributed by atoms with E-state index in [1.54, 1.807) is 38.3 Å². The van der Waals surface area contributed by atoms with Crippen molar-refractivity contribution in [1.82, 2.24) is 10.2 Å². The maximum absolute atomic E-state index is 12.7. The molecule has 1 aliphatic rings. The number of aryl methyl sites for hydroxylation is 1. The van der Waals surface area contributed by atoms with Crippen LogP contribution in [-0.4, -0.2) is 35.8 Å². The van der Waals surface area contributed by atoms with Crippen molar-refractivity contribution in [1.29, 1.82) is 0 Å². The number of ether oxygens (including phenoxy) is 1. The van der Waals surface area contributed by atoms with Crippen LogP contribution in [0, 0.1) is 6.92 Å². The predicted molar refractivity (Wildman–Crippen MR) is 101 cm³/mol. The van der Waals surface area contributed by atoms with Gasteiger partial charge in [-0.1, -0.05) is 29.8 Å². The minimum atomic E-state index is -0.921. The quantitative estimate of drug-likeness (QED) is 0.826. The molecule has 3 amide bonds. The van der Waals surface area contributed by atoms with Gasteiger partial charge in [0.1, 0.15) is 11.8 Å². The number of rotatable bonds is 5. The first-order valence-electron chi connectivity index (χ1n) is 8.77. The molecule has 27 heavy (non-hydrogen) atoms. The van der Waals surface area contributed by atoms with Gasteiger partial charge in [-0.05, 0) is 39.0 Å². The van der Waals surface area contributed by atoms with Crippen molar-refractivity contribution < 1.29 is 19.1 Å². The number of fused-ring (bicyclic) bond motifs is 1. The summed E-state index contributed by atoms with van der Waals surface area (Å²) in [5, 5.41) is 2.88. The smallest absolute Gasteiger partial charge is 0.262 e. The Labute approximate surface area is 158 Å². The Balaban J connectivity index is 1.78. The number of imide groups is 1. The molecule has 1 N–H and O–H groups in total. The maximum Gasteiger partial charge on any atom is 0.262 e. The number of hydrogen-bond acceptors (Lipinski definition) is 4. The van der Waals surface area contributed by atoms with Gasteiger partial charge in [-0.2, -0.15) is 0 Å². The summed E-state index contributed by atoms with van der Waals surface area (Å²) >= 11 is 0. The molecular formula is C21H22N2O4. The van der Waals surface area contributed by atoms with Gasteiger partial charge in [0, 0.05) is 5.56 Å².